The quantitative estimate of drug-likeness (QED) is 0.775. The smallest absolute Gasteiger partial charge is 0.174 e. The molecule has 2 nitrogen and oxygen atoms in total. The lowest BCUT2D eigenvalue weighted by Crippen LogP contribution is -2.35. The molecule has 3 heteroatoms. The van der Waals surface area contributed by atoms with E-state index in [2.05, 4.69) is 5.32 Å². The number of carbonyl (C=O) groups is 1. The highest BCUT2D eigenvalue weighted by Gasteiger charge is 2.17. The van der Waals surface area contributed by atoms with Crippen LogP contribution in [0.2, 0.25) is 0 Å². The first kappa shape index (κ1) is 9.87. The zero-order valence-corrected chi connectivity index (χ0v) is 8.98. The van der Waals surface area contributed by atoms with Gasteiger partial charge in [0.15, 0.2) is 5.78 Å². The lowest BCUT2D eigenvalue weighted by molar-refractivity contribution is 0.0967. The highest BCUT2D eigenvalue weighted by atomic mass is 32.1. The summed E-state index contributed by atoms with van der Waals surface area (Å²) in [5.74, 6) is 0.291. The fourth-order valence-corrected chi connectivity index (χ4v) is 2.54. The van der Waals surface area contributed by atoms with E-state index in [4.69, 9.17) is 0 Å². The van der Waals surface area contributed by atoms with Crippen LogP contribution in [0, 0.1) is 0 Å². The SMILES string of the molecule is O=C(CC1CCCCN1)c1cccs1. The summed E-state index contributed by atoms with van der Waals surface area (Å²) in [6.45, 7) is 1.07. The number of hydrogen-bond acceptors (Lipinski definition) is 3. The predicted octanol–water partition coefficient (Wildman–Crippen LogP) is 2.46. The Labute approximate surface area is 88.3 Å². The molecular weight excluding hydrogens is 194 g/mol. The van der Waals surface area contributed by atoms with Crippen LogP contribution in [0.1, 0.15) is 35.4 Å². The van der Waals surface area contributed by atoms with Crippen molar-refractivity contribution in [2.45, 2.75) is 31.7 Å². The highest BCUT2D eigenvalue weighted by Crippen LogP contribution is 2.16. The van der Waals surface area contributed by atoms with Gasteiger partial charge in [-0.2, -0.15) is 0 Å². The van der Waals surface area contributed by atoms with E-state index in [1.165, 1.54) is 12.8 Å². The van der Waals surface area contributed by atoms with E-state index in [1.807, 2.05) is 17.5 Å². The summed E-state index contributed by atoms with van der Waals surface area (Å²) < 4.78 is 0. The molecule has 0 spiro atoms. The topological polar surface area (TPSA) is 29.1 Å². The molecule has 0 bridgehead atoms. The maximum absolute atomic E-state index is 11.7. The van der Waals surface area contributed by atoms with Crippen LogP contribution >= 0.6 is 11.3 Å². The average molecular weight is 209 g/mol. The van der Waals surface area contributed by atoms with Crippen molar-refractivity contribution in [2.75, 3.05) is 6.54 Å². The molecule has 0 amide bonds. The molecule has 76 valence electrons. The third kappa shape index (κ3) is 2.42. The summed E-state index contributed by atoms with van der Waals surface area (Å²) in [5.41, 5.74) is 0. The number of thiophene rings is 1. The summed E-state index contributed by atoms with van der Waals surface area (Å²) in [5, 5.41) is 5.36. The Bertz CT molecular complexity index is 288. The van der Waals surface area contributed by atoms with E-state index in [-0.39, 0.29) is 0 Å². The van der Waals surface area contributed by atoms with E-state index in [9.17, 15) is 4.79 Å². The van der Waals surface area contributed by atoms with Gasteiger partial charge in [0.2, 0.25) is 0 Å². The van der Waals surface area contributed by atoms with Gasteiger partial charge in [-0.25, -0.2) is 0 Å². The van der Waals surface area contributed by atoms with Crippen LogP contribution in [0.15, 0.2) is 17.5 Å². The van der Waals surface area contributed by atoms with Gasteiger partial charge >= 0.3 is 0 Å². The van der Waals surface area contributed by atoms with Gasteiger partial charge in [0, 0.05) is 12.5 Å². The second kappa shape index (κ2) is 4.71. The van der Waals surface area contributed by atoms with Gasteiger partial charge in [0.1, 0.15) is 0 Å². The summed E-state index contributed by atoms with van der Waals surface area (Å²) in [4.78, 5) is 12.6. The van der Waals surface area contributed by atoms with Crippen LogP contribution in [0.25, 0.3) is 0 Å². The molecule has 1 fully saturated rings. The van der Waals surface area contributed by atoms with E-state index in [0.717, 1.165) is 17.8 Å². The molecule has 1 aromatic heterocycles. The first-order chi connectivity index (χ1) is 6.86. The minimum atomic E-state index is 0.291. The molecular formula is C11H15NOS. The van der Waals surface area contributed by atoms with Crippen LogP contribution in [0.3, 0.4) is 0 Å². The molecule has 0 radical (unpaired) electrons. The Hall–Kier alpha value is -0.670. The molecule has 2 rings (SSSR count). The number of piperidine rings is 1. The summed E-state index contributed by atoms with van der Waals surface area (Å²) in [6.07, 6.45) is 4.33. The van der Waals surface area contributed by atoms with Crippen molar-refractivity contribution in [3.05, 3.63) is 22.4 Å². The van der Waals surface area contributed by atoms with E-state index < -0.39 is 0 Å². The number of ketones is 1. The van der Waals surface area contributed by atoms with Gasteiger partial charge in [-0.3, -0.25) is 4.79 Å². The molecule has 0 saturated carbocycles. The Kier molecular flexibility index (Phi) is 3.32. The Morgan fingerprint density at radius 1 is 1.57 bits per heavy atom. The summed E-state index contributed by atoms with van der Waals surface area (Å²) in [7, 11) is 0. The normalized spacial score (nSPS) is 22.1. The standard InChI is InChI=1S/C11H15NOS/c13-10(11-5-3-7-14-11)8-9-4-1-2-6-12-9/h3,5,7,9,12H,1-2,4,6,8H2. The van der Waals surface area contributed by atoms with Crippen LogP contribution in [0.4, 0.5) is 0 Å². The van der Waals surface area contributed by atoms with Crippen molar-refractivity contribution in [1.82, 2.24) is 5.32 Å². The molecule has 1 saturated heterocycles. The van der Waals surface area contributed by atoms with Gasteiger partial charge in [-0.1, -0.05) is 12.5 Å². The number of carbonyl (C=O) groups excluding carboxylic acids is 1. The van der Waals surface area contributed by atoms with Crippen LogP contribution in [-0.2, 0) is 0 Å². The molecule has 1 unspecified atom stereocenters. The van der Waals surface area contributed by atoms with Crippen LogP contribution in [0.5, 0.6) is 0 Å². The molecule has 2 heterocycles. The van der Waals surface area contributed by atoms with Gasteiger partial charge in [-0.05, 0) is 30.8 Å². The molecule has 1 aliphatic heterocycles. The van der Waals surface area contributed by atoms with Crippen molar-refractivity contribution in [2.24, 2.45) is 0 Å². The van der Waals surface area contributed by atoms with Gasteiger partial charge < -0.3 is 5.32 Å². The summed E-state index contributed by atoms with van der Waals surface area (Å²) in [6, 6.07) is 4.26. The predicted molar refractivity (Wildman–Crippen MR) is 58.9 cm³/mol. The Balaban J connectivity index is 1.87. The third-order valence-electron chi connectivity index (χ3n) is 2.64. The largest absolute Gasteiger partial charge is 0.314 e. The lowest BCUT2D eigenvalue weighted by atomic mass is 10.00. The Morgan fingerprint density at radius 3 is 3.14 bits per heavy atom. The van der Waals surface area contributed by atoms with Crippen molar-refractivity contribution < 1.29 is 4.79 Å². The molecule has 0 aliphatic carbocycles. The van der Waals surface area contributed by atoms with Gasteiger partial charge in [-0.15, -0.1) is 11.3 Å². The van der Waals surface area contributed by atoms with Crippen LogP contribution < -0.4 is 5.32 Å². The number of Topliss-reactive ketones (excluding diaryl/α,β-unsaturated/α-hetero) is 1. The van der Waals surface area contributed by atoms with Crippen molar-refractivity contribution in [3.63, 3.8) is 0 Å². The number of hydrogen-bond donors (Lipinski definition) is 1. The first-order valence-corrected chi connectivity index (χ1v) is 6.04. The Morgan fingerprint density at radius 2 is 2.50 bits per heavy atom. The zero-order chi connectivity index (χ0) is 9.80. The van der Waals surface area contributed by atoms with Gasteiger partial charge in [0.05, 0.1) is 4.88 Å². The van der Waals surface area contributed by atoms with Gasteiger partial charge in [0.25, 0.3) is 0 Å². The fourth-order valence-electron chi connectivity index (χ4n) is 1.86. The minimum absolute atomic E-state index is 0.291. The minimum Gasteiger partial charge on any atom is -0.314 e. The lowest BCUT2D eigenvalue weighted by Gasteiger charge is -2.22. The number of nitrogens with one attached hydrogen (secondary N) is 1. The van der Waals surface area contributed by atoms with E-state index in [1.54, 1.807) is 11.3 Å². The average Bonchev–Trinajstić information content (AvgIpc) is 2.72. The van der Waals surface area contributed by atoms with E-state index >= 15 is 0 Å². The van der Waals surface area contributed by atoms with Crippen LogP contribution in [-0.4, -0.2) is 18.4 Å². The number of rotatable bonds is 3. The zero-order valence-electron chi connectivity index (χ0n) is 8.16. The van der Waals surface area contributed by atoms with Crippen molar-refractivity contribution in [3.8, 4) is 0 Å². The fraction of sp³-hybridized carbons (Fsp3) is 0.545. The molecule has 1 aromatic rings. The molecule has 1 atom stereocenters. The van der Waals surface area contributed by atoms with Crippen molar-refractivity contribution >= 4 is 17.1 Å². The van der Waals surface area contributed by atoms with Crippen molar-refractivity contribution in [1.29, 1.82) is 0 Å². The first-order valence-electron chi connectivity index (χ1n) is 5.16. The molecule has 1 aliphatic rings. The molecule has 14 heavy (non-hydrogen) atoms. The maximum Gasteiger partial charge on any atom is 0.174 e. The van der Waals surface area contributed by atoms with E-state index in [0.29, 0.717) is 18.2 Å². The third-order valence-corrected chi connectivity index (χ3v) is 3.55. The molecule has 1 N–H and O–H groups in total. The summed E-state index contributed by atoms with van der Waals surface area (Å²) >= 11 is 1.54. The monoisotopic (exact) mass is 209 g/mol. The second-order valence-electron chi connectivity index (χ2n) is 3.75. The second-order valence-corrected chi connectivity index (χ2v) is 4.70. The highest BCUT2D eigenvalue weighted by molar-refractivity contribution is 7.12. The molecule has 0 aromatic carbocycles. The maximum atomic E-state index is 11.7.